The molecule has 1 aromatic carbocycles. The highest BCUT2D eigenvalue weighted by atomic mass is 35.5. The molecule has 0 radical (unpaired) electrons. The lowest BCUT2D eigenvalue weighted by Gasteiger charge is -2.14. The van der Waals surface area contributed by atoms with Gasteiger partial charge in [-0.2, -0.15) is 0 Å². The molecule has 0 aliphatic heterocycles. The fourth-order valence-corrected chi connectivity index (χ4v) is 4.02. The third-order valence-corrected chi connectivity index (χ3v) is 5.39. The number of aryl methyl sites for hydroxylation is 2. The predicted molar refractivity (Wildman–Crippen MR) is 99.3 cm³/mol. The minimum atomic E-state index is -1.28. The lowest BCUT2D eigenvalue weighted by molar-refractivity contribution is -0.136. The zero-order valence-corrected chi connectivity index (χ0v) is 16.3. The van der Waals surface area contributed by atoms with Gasteiger partial charge in [-0.05, 0) is 37.5 Å². The van der Waals surface area contributed by atoms with E-state index >= 15 is 0 Å². The van der Waals surface area contributed by atoms with Gasteiger partial charge in [-0.25, -0.2) is 18.2 Å². The lowest BCUT2D eigenvalue weighted by atomic mass is 9.96. The van der Waals surface area contributed by atoms with E-state index in [0.717, 1.165) is 22.5 Å². The first-order valence-electron chi connectivity index (χ1n) is 7.79. The van der Waals surface area contributed by atoms with Crippen LogP contribution in [-0.4, -0.2) is 21.0 Å². The van der Waals surface area contributed by atoms with Gasteiger partial charge >= 0.3 is 5.97 Å². The van der Waals surface area contributed by atoms with Gasteiger partial charge in [0.1, 0.15) is 11.3 Å². The Morgan fingerprint density at radius 1 is 1.07 bits per heavy atom. The summed E-state index contributed by atoms with van der Waals surface area (Å²) in [5.74, 6) is -4.28. The highest BCUT2D eigenvalue weighted by molar-refractivity contribution is 7.18. The first-order valence-corrected chi connectivity index (χ1v) is 8.61. The van der Waals surface area contributed by atoms with Crippen LogP contribution in [0.1, 0.15) is 33.1 Å². The first-order chi connectivity index (χ1) is 12.2. The smallest absolute Gasteiger partial charge is 0.307 e. The maximum absolute atomic E-state index is 13.9. The number of carbonyl (C=O) groups is 1. The molecule has 144 valence electrons. The molecule has 2 aromatic heterocycles. The Hall–Kier alpha value is -2.19. The van der Waals surface area contributed by atoms with Gasteiger partial charge in [-0.3, -0.25) is 9.78 Å². The monoisotopic (exact) mass is 416 g/mol. The van der Waals surface area contributed by atoms with Crippen molar-refractivity contribution in [2.45, 2.75) is 33.6 Å². The molecule has 0 amide bonds. The fraction of sp³-hybridized carbons (Fsp3) is 0.278. The Bertz CT molecular complexity index is 1050. The Balaban J connectivity index is 0.00000261. The van der Waals surface area contributed by atoms with Gasteiger partial charge in [0.2, 0.25) is 0 Å². The molecule has 0 unspecified atom stereocenters. The number of halogens is 4. The average molecular weight is 417 g/mol. The van der Waals surface area contributed by atoms with E-state index < -0.39 is 23.4 Å². The Morgan fingerprint density at radius 3 is 2.33 bits per heavy atom. The number of thiazole rings is 1. The summed E-state index contributed by atoms with van der Waals surface area (Å²) in [6, 6.07) is 0.508. The summed E-state index contributed by atoms with van der Waals surface area (Å²) in [5, 5.41) is 9.50. The standard InChI is InChI=1S/C18H15F3N2O2S.ClH/c1-7-10(8(2)22-9(3)11(7)5-15(24)25)4-14-23-17-16(21)12(19)6-13(20)18(17)26-14;/h6H,4-5H2,1-3H3,(H,24,25);1H. The minimum absolute atomic E-state index is 0. The summed E-state index contributed by atoms with van der Waals surface area (Å²) in [6.07, 6.45) is 0.0731. The molecule has 0 aliphatic carbocycles. The molecule has 9 heteroatoms. The van der Waals surface area contributed by atoms with Gasteiger partial charge in [-0.1, -0.05) is 0 Å². The van der Waals surface area contributed by atoms with Crippen LogP contribution in [0.25, 0.3) is 10.2 Å². The minimum Gasteiger partial charge on any atom is -0.481 e. The van der Waals surface area contributed by atoms with Crippen LogP contribution in [0.4, 0.5) is 13.2 Å². The maximum Gasteiger partial charge on any atom is 0.307 e. The van der Waals surface area contributed by atoms with Gasteiger partial charge in [-0.15, -0.1) is 23.7 Å². The van der Waals surface area contributed by atoms with E-state index in [0.29, 0.717) is 28.0 Å². The van der Waals surface area contributed by atoms with Crippen LogP contribution in [0.3, 0.4) is 0 Å². The highest BCUT2D eigenvalue weighted by Crippen LogP contribution is 2.31. The largest absolute Gasteiger partial charge is 0.481 e. The molecule has 0 spiro atoms. The van der Waals surface area contributed by atoms with Gasteiger partial charge < -0.3 is 5.11 Å². The normalized spacial score (nSPS) is 10.9. The number of benzene rings is 1. The number of rotatable bonds is 4. The molecular formula is C18H16ClF3N2O2S. The van der Waals surface area contributed by atoms with E-state index in [1.54, 1.807) is 20.8 Å². The predicted octanol–water partition coefficient (Wildman–Crippen LogP) is 4.67. The molecule has 0 atom stereocenters. The Kier molecular flexibility index (Phi) is 6.11. The summed E-state index contributed by atoms with van der Waals surface area (Å²) < 4.78 is 41.1. The van der Waals surface area contributed by atoms with Crippen molar-refractivity contribution in [2.24, 2.45) is 0 Å². The van der Waals surface area contributed by atoms with E-state index in [9.17, 15) is 18.0 Å². The number of aromatic nitrogens is 2. The third kappa shape index (κ3) is 3.91. The molecular weight excluding hydrogens is 401 g/mol. The second-order valence-corrected chi connectivity index (χ2v) is 7.14. The van der Waals surface area contributed by atoms with Crippen molar-refractivity contribution in [1.82, 2.24) is 9.97 Å². The highest BCUT2D eigenvalue weighted by Gasteiger charge is 2.20. The van der Waals surface area contributed by atoms with Crippen molar-refractivity contribution >= 4 is 39.9 Å². The molecule has 3 rings (SSSR count). The number of carboxylic acid groups (broad SMARTS) is 1. The zero-order chi connectivity index (χ0) is 19.2. The second-order valence-electron chi connectivity index (χ2n) is 6.05. The maximum atomic E-state index is 13.9. The molecule has 4 nitrogen and oxygen atoms in total. The number of hydrogen-bond donors (Lipinski definition) is 1. The molecule has 0 saturated carbocycles. The van der Waals surface area contributed by atoms with Crippen LogP contribution < -0.4 is 0 Å². The van der Waals surface area contributed by atoms with E-state index in [1.807, 2.05) is 0 Å². The topological polar surface area (TPSA) is 63.1 Å². The van der Waals surface area contributed by atoms with Crippen LogP contribution >= 0.6 is 23.7 Å². The van der Waals surface area contributed by atoms with Crippen molar-refractivity contribution in [2.75, 3.05) is 0 Å². The molecule has 27 heavy (non-hydrogen) atoms. The molecule has 0 saturated heterocycles. The lowest BCUT2D eigenvalue weighted by Crippen LogP contribution is -2.10. The van der Waals surface area contributed by atoms with Crippen LogP contribution in [0.5, 0.6) is 0 Å². The Morgan fingerprint density at radius 2 is 1.70 bits per heavy atom. The zero-order valence-electron chi connectivity index (χ0n) is 14.7. The summed E-state index contributed by atoms with van der Waals surface area (Å²) in [6.45, 7) is 5.32. The molecule has 0 bridgehead atoms. The summed E-state index contributed by atoms with van der Waals surface area (Å²) in [5.41, 5.74) is 3.14. The van der Waals surface area contributed by atoms with Crippen LogP contribution in [0.2, 0.25) is 0 Å². The number of carboxylic acids is 1. The first kappa shape index (κ1) is 21.1. The second kappa shape index (κ2) is 7.82. The average Bonchev–Trinajstić information content (AvgIpc) is 2.98. The summed E-state index contributed by atoms with van der Waals surface area (Å²) in [7, 11) is 0. The summed E-state index contributed by atoms with van der Waals surface area (Å²) in [4.78, 5) is 19.5. The number of pyridine rings is 1. The molecule has 3 aromatic rings. The van der Waals surface area contributed by atoms with E-state index in [1.165, 1.54) is 0 Å². The van der Waals surface area contributed by atoms with Gasteiger partial charge in [0.05, 0.1) is 16.1 Å². The van der Waals surface area contributed by atoms with Crippen molar-refractivity contribution in [3.8, 4) is 0 Å². The van der Waals surface area contributed by atoms with Gasteiger partial charge in [0, 0.05) is 23.9 Å². The molecule has 0 fully saturated rings. The van der Waals surface area contributed by atoms with Crippen molar-refractivity contribution in [3.05, 3.63) is 56.6 Å². The van der Waals surface area contributed by atoms with Crippen molar-refractivity contribution in [3.63, 3.8) is 0 Å². The fourth-order valence-electron chi connectivity index (χ4n) is 3.04. The van der Waals surface area contributed by atoms with Crippen molar-refractivity contribution < 1.29 is 23.1 Å². The van der Waals surface area contributed by atoms with Gasteiger partial charge in [0.15, 0.2) is 11.6 Å². The number of aliphatic carboxylic acids is 1. The molecule has 2 heterocycles. The van der Waals surface area contributed by atoms with Crippen molar-refractivity contribution in [1.29, 1.82) is 0 Å². The van der Waals surface area contributed by atoms with E-state index in [-0.39, 0.29) is 35.5 Å². The van der Waals surface area contributed by atoms with E-state index in [2.05, 4.69) is 9.97 Å². The van der Waals surface area contributed by atoms with Crippen LogP contribution in [-0.2, 0) is 17.6 Å². The number of nitrogens with zero attached hydrogens (tertiary/aromatic N) is 2. The SMILES string of the molecule is Cc1nc(C)c(Cc2nc3c(F)c(F)cc(F)c3s2)c(C)c1CC(=O)O.Cl. The van der Waals surface area contributed by atoms with Crippen LogP contribution in [0.15, 0.2) is 6.07 Å². The number of hydrogen-bond acceptors (Lipinski definition) is 4. The van der Waals surface area contributed by atoms with Crippen LogP contribution in [0, 0.1) is 38.2 Å². The van der Waals surface area contributed by atoms with E-state index in [4.69, 9.17) is 5.11 Å². The Labute approximate surface area is 163 Å². The summed E-state index contributed by atoms with van der Waals surface area (Å²) >= 11 is 0.946. The van der Waals surface area contributed by atoms with Gasteiger partial charge in [0.25, 0.3) is 0 Å². The number of fused-ring (bicyclic) bond motifs is 1. The molecule has 1 N–H and O–H groups in total. The quantitative estimate of drug-likeness (QED) is 0.627. The molecule has 0 aliphatic rings. The third-order valence-electron chi connectivity index (χ3n) is 4.33.